The predicted molar refractivity (Wildman–Crippen MR) is 119 cm³/mol. The lowest BCUT2D eigenvalue weighted by Crippen LogP contribution is -2.46. The Bertz CT molecular complexity index is 1070. The van der Waals surface area contributed by atoms with E-state index in [0.717, 1.165) is 5.56 Å². The molecule has 0 saturated heterocycles. The lowest BCUT2D eigenvalue weighted by atomic mass is 9.85. The SMILES string of the molecule is CCOc1ccc([C@@H]2[C@@H](C(=O)Nc3ccc(Cl)cc3)[C@H](C)Nc3ncnn32)cc1OC. The molecule has 1 aliphatic rings. The van der Waals surface area contributed by atoms with E-state index in [-0.39, 0.29) is 18.0 Å². The molecule has 0 unspecified atom stereocenters. The summed E-state index contributed by atoms with van der Waals surface area (Å²) >= 11 is 5.97. The topological polar surface area (TPSA) is 90.3 Å². The summed E-state index contributed by atoms with van der Waals surface area (Å²) in [5.74, 6) is 1.26. The van der Waals surface area contributed by atoms with Gasteiger partial charge in [0.25, 0.3) is 0 Å². The Morgan fingerprint density at radius 2 is 2.00 bits per heavy atom. The normalized spacial score (nSPS) is 19.8. The van der Waals surface area contributed by atoms with Crippen molar-refractivity contribution >= 4 is 29.1 Å². The molecule has 8 nitrogen and oxygen atoms in total. The quantitative estimate of drug-likeness (QED) is 0.601. The van der Waals surface area contributed by atoms with E-state index in [2.05, 4.69) is 20.7 Å². The van der Waals surface area contributed by atoms with Gasteiger partial charge in [-0.15, -0.1) is 0 Å². The van der Waals surface area contributed by atoms with E-state index >= 15 is 0 Å². The third kappa shape index (κ3) is 4.16. The molecule has 1 aliphatic heterocycles. The Hall–Kier alpha value is -3.26. The van der Waals surface area contributed by atoms with E-state index in [1.165, 1.54) is 6.33 Å². The Morgan fingerprint density at radius 3 is 2.71 bits per heavy atom. The molecule has 0 radical (unpaired) electrons. The first-order valence-corrected chi connectivity index (χ1v) is 10.4. The largest absolute Gasteiger partial charge is 0.493 e. The van der Waals surface area contributed by atoms with Gasteiger partial charge in [0.2, 0.25) is 11.9 Å². The molecule has 2 heterocycles. The van der Waals surface area contributed by atoms with Crippen LogP contribution < -0.4 is 20.1 Å². The van der Waals surface area contributed by atoms with Crippen molar-refractivity contribution in [3.8, 4) is 11.5 Å². The number of hydrogen-bond acceptors (Lipinski definition) is 6. The van der Waals surface area contributed by atoms with Gasteiger partial charge in [-0.3, -0.25) is 4.79 Å². The van der Waals surface area contributed by atoms with Crippen LogP contribution in [0, 0.1) is 5.92 Å². The minimum absolute atomic E-state index is 0.138. The number of carbonyl (C=O) groups excluding carboxylic acids is 1. The third-order valence-corrected chi connectivity index (χ3v) is 5.57. The molecule has 0 fully saturated rings. The van der Waals surface area contributed by atoms with Crippen LogP contribution in [0.25, 0.3) is 0 Å². The molecular formula is C22H24ClN5O3. The lowest BCUT2D eigenvalue weighted by Gasteiger charge is -2.37. The zero-order valence-electron chi connectivity index (χ0n) is 17.5. The molecule has 0 aliphatic carbocycles. The molecule has 4 rings (SSSR count). The number of halogens is 1. The fourth-order valence-corrected chi connectivity index (χ4v) is 4.02. The molecule has 2 N–H and O–H groups in total. The van der Waals surface area contributed by atoms with Crippen LogP contribution in [0.4, 0.5) is 11.6 Å². The number of hydrogen-bond donors (Lipinski definition) is 2. The highest BCUT2D eigenvalue weighted by molar-refractivity contribution is 6.30. The molecule has 162 valence electrons. The van der Waals surface area contributed by atoms with E-state index in [4.69, 9.17) is 21.1 Å². The maximum atomic E-state index is 13.4. The van der Waals surface area contributed by atoms with Gasteiger partial charge in [-0.2, -0.15) is 10.1 Å². The van der Waals surface area contributed by atoms with Crippen LogP contribution in [0.2, 0.25) is 5.02 Å². The molecule has 9 heteroatoms. The van der Waals surface area contributed by atoms with Gasteiger partial charge in [0.05, 0.1) is 25.7 Å². The van der Waals surface area contributed by atoms with Crippen LogP contribution in [-0.2, 0) is 4.79 Å². The van der Waals surface area contributed by atoms with Gasteiger partial charge >= 0.3 is 0 Å². The van der Waals surface area contributed by atoms with Crippen LogP contribution in [0.3, 0.4) is 0 Å². The summed E-state index contributed by atoms with van der Waals surface area (Å²) in [4.78, 5) is 17.7. The number of fused-ring (bicyclic) bond motifs is 1. The predicted octanol–water partition coefficient (Wildman–Crippen LogP) is 4.00. The number of nitrogens with one attached hydrogen (secondary N) is 2. The summed E-state index contributed by atoms with van der Waals surface area (Å²) in [5, 5.41) is 11.3. The molecular weight excluding hydrogens is 418 g/mol. The molecule has 1 aromatic heterocycles. The highest BCUT2D eigenvalue weighted by atomic mass is 35.5. The number of anilines is 2. The highest BCUT2D eigenvalue weighted by Crippen LogP contribution is 2.39. The van der Waals surface area contributed by atoms with Gasteiger partial charge in [0.1, 0.15) is 6.33 Å². The number of benzene rings is 2. The van der Waals surface area contributed by atoms with Gasteiger partial charge in [-0.05, 0) is 55.8 Å². The smallest absolute Gasteiger partial charge is 0.232 e. The molecule has 0 saturated carbocycles. The lowest BCUT2D eigenvalue weighted by molar-refractivity contribution is -0.121. The summed E-state index contributed by atoms with van der Waals surface area (Å²) in [6, 6.07) is 12.1. The van der Waals surface area contributed by atoms with Gasteiger partial charge in [-0.1, -0.05) is 17.7 Å². The van der Waals surface area contributed by atoms with E-state index in [1.807, 2.05) is 32.0 Å². The summed E-state index contributed by atoms with van der Waals surface area (Å²) in [7, 11) is 1.60. The van der Waals surface area contributed by atoms with E-state index in [0.29, 0.717) is 34.8 Å². The van der Waals surface area contributed by atoms with Crippen LogP contribution in [0.15, 0.2) is 48.8 Å². The minimum Gasteiger partial charge on any atom is -0.493 e. The van der Waals surface area contributed by atoms with Crippen molar-refractivity contribution in [1.29, 1.82) is 0 Å². The number of amides is 1. The fraction of sp³-hybridized carbons (Fsp3) is 0.318. The maximum Gasteiger partial charge on any atom is 0.232 e. The Labute approximate surface area is 185 Å². The first-order valence-electron chi connectivity index (χ1n) is 10.0. The molecule has 0 spiro atoms. The number of ether oxygens (including phenoxy) is 2. The number of rotatable bonds is 6. The van der Waals surface area contributed by atoms with Crippen molar-refractivity contribution in [2.75, 3.05) is 24.4 Å². The second-order valence-corrected chi connectivity index (χ2v) is 7.71. The van der Waals surface area contributed by atoms with Crippen molar-refractivity contribution in [3.05, 3.63) is 59.4 Å². The van der Waals surface area contributed by atoms with Gasteiger partial charge in [0.15, 0.2) is 11.5 Å². The summed E-state index contributed by atoms with van der Waals surface area (Å²) < 4.78 is 12.9. The first kappa shape index (κ1) is 21.0. The summed E-state index contributed by atoms with van der Waals surface area (Å²) in [5.41, 5.74) is 1.55. The van der Waals surface area contributed by atoms with E-state index < -0.39 is 5.92 Å². The molecule has 1 amide bonds. The Balaban J connectivity index is 1.73. The Kier molecular flexibility index (Phi) is 5.99. The third-order valence-electron chi connectivity index (χ3n) is 5.32. The van der Waals surface area contributed by atoms with Crippen LogP contribution in [-0.4, -0.2) is 40.4 Å². The zero-order valence-corrected chi connectivity index (χ0v) is 18.3. The van der Waals surface area contributed by atoms with Crippen LogP contribution >= 0.6 is 11.6 Å². The maximum absolute atomic E-state index is 13.4. The van der Waals surface area contributed by atoms with E-state index in [9.17, 15) is 4.79 Å². The first-order chi connectivity index (χ1) is 15.0. The minimum atomic E-state index is -0.465. The summed E-state index contributed by atoms with van der Waals surface area (Å²) in [6.07, 6.45) is 1.48. The number of nitrogens with zero attached hydrogens (tertiary/aromatic N) is 3. The number of aromatic nitrogens is 3. The second kappa shape index (κ2) is 8.85. The van der Waals surface area contributed by atoms with Gasteiger partial charge in [0, 0.05) is 16.8 Å². The average Bonchev–Trinajstić information content (AvgIpc) is 3.23. The zero-order chi connectivity index (χ0) is 22.0. The second-order valence-electron chi connectivity index (χ2n) is 7.27. The van der Waals surface area contributed by atoms with Crippen LogP contribution in [0.5, 0.6) is 11.5 Å². The molecule has 3 aromatic rings. The molecule has 0 bridgehead atoms. The number of carbonyl (C=O) groups is 1. The van der Waals surface area contributed by atoms with Crippen LogP contribution in [0.1, 0.15) is 25.5 Å². The average molecular weight is 442 g/mol. The van der Waals surface area contributed by atoms with Gasteiger partial charge in [-0.25, -0.2) is 4.68 Å². The standard InChI is InChI=1S/C22H24ClN5O3/c1-4-31-17-10-5-14(11-18(17)30-3)20-19(13(2)26-22-24-12-25-28(20)22)21(29)27-16-8-6-15(23)7-9-16/h5-13,19-20H,4H2,1-3H3,(H,27,29)(H,24,25,26)/t13-,19-,20+/m0/s1. The van der Waals surface area contributed by atoms with Gasteiger partial charge < -0.3 is 20.1 Å². The summed E-state index contributed by atoms with van der Waals surface area (Å²) in [6.45, 7) is 4.41. The van der Waals surface area contributed by atoms with E-state index in [1.54, 1.807) is 36.1 Å². The molecule has 31 heavy (non-hydrogen) atoms. The van der Waals surface area contributed by atoms with Crippen molar-refractivity contribution in [1.82, 2.24) is 14.8 Å². The fourth-order valence-electron chi connectivity index (χ4n) is 3.90. The highest BCUT2D eigenvalue weighted by Gasteiger charge is 2.41. The van der Waals surface area contributed by atoms with Crippen molar-refractivity contribution < 1.29 is 14.3 Å². The van der Waals surface area contributed by atoms with Crippen molar-refractivity contribution in [3.63, 3.8) is 0 Å². The Morgan fingerprint density at radius 1 is 1.23 bits per heavy atom. The monoisotopic (exact) mass is 441 g/mol. The molecule has 2 aromatic carbocycles. The molecule has 3 atom stereocenters. The number of methoxy groups -OCH3 is 1. The van der Waals surface area contributed by atoms with Crippen molar-refractivity contribution in [2.45, 2.75) is 25.9 Å². The van der Waals surface area contributed by atoms with Crippen molar-refractivity contribution in [2.24, 2.45) is 5.92 Å².